The molecule has 4 rings (SSSR count). The molecule has 0 N–H and O–H groups in total. The van der Waals surface area contributed by atoms with Crippen molar-refractivity contribution in [2.75, 3.05) is 0 Å². The second kappa shape index (κ2) is 6.51. The van der Waals surface area contributed by atoms with Gasteiger partial charge in [-0.3, -0.25) is 0 Å². The van der Waals surface area contributed by atoms with Crippen LogP contribution >= 0.6 is 11.6 Å². The summed E-state index contributed by atoms with van der Waals surface area (Å²) < 4.78 is 17.7. The summed E-state index contributed by atoms with van der Waals surface area (Å²) in [7, 11) is 0. The zero-order valence-corrected chi connectivity index (χ0v) is 14.5. The lowest BCUT2D eigenvalue weighted by atomic mass is 10.0. The van der Waals surface area contributed by atoms with Crippen LogP contribution in [0.25, 0.3) is 0 Å². The molecule has 0 unspecified atom stereocenters. The first-order valence-corrected chi connectivity index (χ1v) is 8.61. The van der Waals surface area contributed by atoms with E-state index in [-0.39, 0.29) is 18.3 Å². The molecular weight excluding hydrogens is 345 g/mol. The molecule has 2 aromatic heterocycles. The van der Waals surface area contributed by atoms with Gasteiger partial charge in [0.1, 0.15) is 17.5 Å². The van der Waals surface area contributed by atoms with Crippen molar-refractivity contribution in [2.45, 2.75) is 45.2 Å². The van der Waals surface area contributed by atoms with Crippen LogP contribution < -0.4 is 0 Å². The van der Waals surface area contributed by atoms with Crippen molar-refractivity contribution in [3.05, 3.63) is 52.1 Å². The Bertz CT molecular complexity index is 884. The van der Waals surface area contributed by atoms with E-state index in [0.29, 0.717) is 16.4 Å². The first-order chi connectivity index (χ1) is 12.1. The smallest absolute Gasteiger partial charge is 0.161 e. The van der Waals surface area contributed by atoms with E-state index in [0.717, 1.165) is 37.5 Å². The average Bonchev–Trinajstić information content (AvgIpc) is 3.13. The lowest BCUT2D eigenvalue weighted by molar-refractivity contribution is 0.538. The predicted octanol–water partition coefficient (Wildman–Crippen LogP) is 2.73. The van der Waals surface area contributed by atoms with E-state index in [1.54, 1.807) is 16.8 Å². The zero-order chi connectivity index (χ0) is 17.4. The summed E-state index contributed by atoms with van der Waals surface area (Å²) >= 11 is 6.18. The monoisotopic (exact) mass is 361 g/mol. The first-order valence-electron chi connectivity index (χ1n) is 8.24. The lowest BCUT2D eigenvalue weighted by Gasteiger charge is -2.14. The molecule has 1 aliphatic heterocycles. The summed E-state index contributed by atoms with van der Waals surface area (Å²) in [5, 5.41) is 16.9. The van der Waals surface area contributed by atoms with E-state index in [1.807, 2.05) is 11.6 Å². The average molecular weight is 362 g/mol. The van der Waals surface area contributed by atoms with E-state index >= 15 is 0 Å². The van der Waals surface area contributed by atoms with Crippen molar-refractivity contribution in [1.29, 1.82) is 0 Å². The summed E-state index contributed by atoms with van der Waals surface area (Å²) in [5.41, 5.74) is 0.406. The van der Waals surface area contributed by atoms with Crippen molar-refractivity contribution in [3.8, 4) is 0 Å². The number of fused-ring (bicyclic) bond motifs is 1. The third-order valence-corrected chi connectivity index (χ3v) is 4.83. The minimum atomic E-state index is -0.350. The summed E-state index contributed by atoms with van der Waals surface area (Å²) in [6, 6.07) is 4.67. The Hall–Kier alpha value is -2.35. The maximum absolute atomic E-state index is 14.2. The molecule has 1 aromatic carbocycles. The number of hydrogen-bond acceptors (Lipinski definition) is 5. The Morgan fingerprint density at radius 3 is 3.00 bits per heavy atom. The van der Waals surface area contributed by atoms with Crippen molar-refractivity contribution in [1.82, 2.24) is 35.0 Å². The maximum atomic E-state index is 14.2. The van der Waals surface area contributed by atoms with Gasteiger partial charge in [-0.2, -0.15) is 5.10 Å². The van der Waals surface area contributed by atoms with Gasteiger partial charge in [0.25, 0.3) is 0 Å². The molecule has 0 spiro atoms. The van der Waals surface area contributed by atoms with Gasteiger partial charge >= 0.3 is 0 Å². The van der Waals surface area contributed by atoms with E-state index in [4.69, 9.17) is 11.6 Å². The molecule has 25 heavy (non-hydrogen) atoms. The number of nitrogens with zero attached hydrogens (tertiary/aromatic N) is 7. The van der Waals surface area contributed by atoms with Gasteiger partial charge in [0.2, 0.25) is 0 Å². The van der Waals surface area contributed by atoms with Crippen LogP contribution in [0.1, 0.15) is 48.2 Å². The molecule has 1 atom stereocenters. The second-order valence-electron chi connectivity index (χ2n) is 6.18. The Labute approximate surface area is 148 Å². The van der Waals surface area contributed by atoms with E-state index in [9.17, 15) is 4.39 Å². The van der Waals surface area contributed by atoms with Gasteiger partial charge in [0.05, 0.1) is 12.5 Å². The summed E-state index contributed by atoms with van der Waals surface area (Å²) in [4.78, 5) is 4.59. The first kappa shape index (κ1) is 16.1. The lowest BCUT2D eigenvalue weighted by Crippen LogP contribution is -2.16. The minimum absolute atomic E-state index is 0.0655. The molecule has 0 saturated heterocycles. The summed E-state index contributed by atoms with van der Waals surface area (Å²) in [6.45, 7) is 2.84. The van der Waals surface area contributed by atoms with Gasteiger partial charge < -0.3 is 0 Å². The molecule has 1 aliphatic rings. The van der Waals surface area contributed by atoms with Gasteiger partial charge in [-0.15, -0.1) is 5.10 Å². The van der Waals surface area contributed by atoms with Crippen LogP contribution in [-0.2, 0) is 13.1 Å². The Morgan fingerprint density at radius 1 is 1.28 bits per heavy atom. The highest BCUT2D eigenvalue weighted by molar-refractivity contribution is 6.31. The number of aromatic nitrogens is 7. The minimum Gasteiger partial charge on any atom is -0.244 e. The van der Waals surface area contributed by atoms with E-state index in [1.165, 1.54) is 6.07 Å². The van der Waals surface area contributed by atoms with Crippen LogP contribution in [-0.4, -0.2) is 35.0 Å². The van der Waals surface area contributed by atoms with Gasteiger partial charge in [0, 0.05) is 17.1 Å². The fourth-order valence-corrected chi connectivity index (χ4v) is 3.51. The maximum Gasteiger partial charge on any atom is 0.161 e. The van der Waals surface area contributed by atoms with E-state index in [2.05, 4.69) is 25.6 Å². The molecule has 7 nitrogen and oxygen atoms in total. The van der Waals surface area contributed by atoms with Crippen molar-refractivity contribution in [2.24, 2.45) is 0 Å². The summed E-state index contributed by atoms with van der Waals surface area (Å²) in [6.07, 6.45) is 2.92. The number of aryl methyl sites for hydroxylation is 2. The fourth-order valence-electron chi connectivity index (χ4n) is 3.28. The molecule has 0 aliphatic carbocycles. The van der Waals surface area contributed by atoms with Gasteiger partial charge in [-0.1, -0.05) is 24.1 Å². The number of rotatable bonds is 3. The molecule has 0 fully saturated rings. The molecule has 0 saturated carbocycles. The van der Waals surface area contributed by atoms with Crippen LogP contribution in [0.4, 0.5) is 4.39 Å². The number of tetrazole rings is 1. The van der Waals surface area contributed by atoms with Crippen LogP contribution in [0.5, 0.6) is 0 Å². The molecule has 0 amide bonds. The molecule has 130 valence electrons. The van der Waals surface area contributed by atoms with Crippen LogP contribution in [0.2, 0.25) is 5.02 Å². The van der Waals surface area contributed by atoms with Crippen molar-refractivity contribution < 1.29 is 4.39 Å². The highest BCUT2D eigenvalue weighted by Crippen LogP contribution is 2.30. The van der Waals surface area contributed by atoms with Crippen LogP contribution in [0.15, 0.2) is 18.2 Å². The highest BCUT2D eigenvalue weighted by Gasteiger charge is 2.28. The molecule has 9 heteroatoms. The normalized spacial score (nSPS) is 17.3. The number of hydrogen-bond donors (Lipinski definition) is 0. The SMILES string of the molecule is Cc1nc([C@H]2CCCCn3nnnc32)n(Cc2c(F)cccc2Cl)n1. The van der Waals surface area contributed by atoms with E-state index < -0.39 is 0 Å². The molecule has 3 heterocycles. The standard InChI is InChI=1S/C16H17ClFN7/c1-10-19-15(11-5-2-3-8-24-16(11)20-22-23-24)25(21-10)9-12-13(17)6-4-7-14(12)18/h4,6-7,11H,2-3,5,8-9H2,1H3/t11-/m1/s1. The van der Waals surface area contributed by atoms with Gasteiger partial charge in [-0.25, -0.2) is 18.7 Å². The highest BCUT2D eigenvalue weighted by atomic mass is 35.5. The Morgan fingerprint density at radius 2 is 2.16 bits per heavy atom. The van der Waals surface area contributed by atoms with Gasteiger partial charge in [-0.05, 0) is 42.3 Å². The predicted molar refractivity (Wildman–Crippen MR) is 88.8 cm³/mol. The molecular formula is C16H17ClFN7. The zero-order valence-electron chi connectivity index (χ0n) is 13.7. The third-order valence-electron chi connectivity index (χ3n) is 4.47. The Balaban J connectivity index is 1.75. The third kappa shape index (κ3) is 3.02. The summed E-state index contributed by atoms with van der Waals surface area (Å²) in [5.74, 6) is 1.74. The number of benzene rings is 1. The van der Waals surface area contributed by atoms with Crippen molar-refractivity contribution >= 4 is 11.6 Å². The van der Waals surface area contributed by atoms with Gasteiger partial charge in [0.15, 0.2) is 5.82 Å². The molecule has 3 aromatic rings. The van der Waals surface area contributed by atoms with Crippen LogP contribution in [0.3, 0.4) is 0 Å². The molecule has 0 radical (unpaired) electrons. The number of halogens is 2. The topological polar surface area (TPSA) is 74.3 Å². The molecule has 0 bridgehead atoms. The Kier molecular flexibility index (Phi) is 4.20. The van der Waals surface area contributed by atoms with Crippen LogP contribution in [0, 0.1) is 12.7 Å². The largest absolute Gasteiger partial charge is 0.244 e. The van der Waals surface area contributed by atoms with Crippen molar-refractivity contribution in [3.63, 3.8) is 0 Å². The second-order valence-corrected chi connectivity index (χ2v) is 6.59. The fraction of sp³-hybridized carbons (Fsp3) is 0.438. The quantitative estimate of drug-likeness (QED) is 0.717.